The van der Waals surface area contributed by atoms with E-state index >= 15 is 0 Å². The van der Waals surface area contributed by atoms with E-state index < -0.39 is 6.10 Å². The van der Waals surface area contributed by atoms with Crippen LogP contribution in [0.1, 0.15) is 19.8 Å². The molecule has 1 aromatic rings. The lowest BCUT2D eigenvalue weighted by Crippen LogP contribution is -2.50. The number of ether oxygens (including phenoxy) is 1. The minimum Gasteiger partial charge on any atom is -0.479 e. The Kier molecular flexibility index (Phi) is 5.26. The molecular weight excluding hydrogens is 276 g/mol. The van der Waals surface area contributed by atoms with E-state index in [4.69, 9.17) is 16.3 Å². The number of hydrogen-bond donors (Lipinski definition) is 1. The minimum atomic E-state index is -0.523. The number of carbonyl (C=O) groups excluding carboxylic acids is 1. The Balaban J connectivity index is 1.96. The van der Waals surface area contributed by atoms with E-state index in [0.29, 0.717) is 16.8 Å². The van der Waals surface area contributed by atoms with Crippen molar-refractivity contribution in [3.63, 3.8) is 0 Å². The Bertz CT molecular complexity index is 467. The van der Waals surface area contributed by atoms with Crippen molar-refractivity contribution in [1.82, 2.24) is 10.2 Å². The van der Waals surface area contributed by atoms with E-state index in [9.17, 15) is 4.79 Å². The van der Waals surface area contributed by atoms with Gasteiger partial charge >= 0.3 is 0 Å². The number of piperidine rings is 1. The smallest absolute Gasteiger partial charge is 0.263 e. The molecule has 0 aromatic heterocycles. The van der Waals surface area contributed by atoms with Crippen LogP contribution in [0, 0.1) is 0 Å². The number of halogens is 1. The van der Waals surface area contributed by atoms with E-state index in [2.05, 4.69) is 5.32 Å². The van der Waals surface area contributed by atoms with Crippen molar-refractivity contribution in [3.8, 4) is 5.75 Å². The topological polar surface area (TPSA) is 41.6 Å². The summed E-state index contributed by atoms with van der Waals surface area (Å²) in [4.78, 5) is 14.3. The Morgan fingerprint density at radius 1 is 1.50 bits per heavy atom. The highest BCUT2D eigenvalue weighted by Gasteiger charge is 2.27. The maximum Gasteiger partial charge on any atom is 0.263 e. The maximum absolute atomic E-state index is 12.4. The summed E-state index contributed by atoms with van der Waals surface area (Å²) in [6, 6.07) is 7.59. The molecule has 0 saturated carbocycles. The first-order valence-corrected chi connectivity index (χ1v) is 7.37. The molecule has 2 atom stereocenters. The number of likely N-dealkylation sites (N-methyl/N-ethyl adjacent to an activating group) is 1. The van der Waals surface area contributed by atoms with Gasteiger partial charge in [0.1, 0.15) is 5.75 Å². The highest BCUT2D eigenvalue weighted by molar-refractivity contribution is 6.32. The molecule has 2 rings (SSSR count). The molecule has 1 aliphatic heterocycles. The normalized spacial score (nSPS) is 20.6. The fourth-order valence-corrected chi connectivity index (χ4v) is 2.63. The van der Waals surface area contributed by atoms with E-state index in [0.717, 1.165) is 25.9 Å². The molecule has 20 heavy (non-hydrogen) atoms. The molecule has 1 amide bonds. The zero-order valence-corrected chi connectivity index (χ0v) is 12.7. The van der Waals surface area contributed by atoms with Crippen molar-refractivity contribution in [2.45, 2.75) is 31.9 Å². The van der Waals surface area contributed by atoms with Gasteiger partial charge in [0.25, 0.3) is 5.91 Å². The first kappa shape index (κ1) is 15.1. The number of para-hydroxylation sites is 1. The average molecular weight is 297 g/mol. The van der Waals surface area contributed by atoms with E-state index in [-0.39, 0.29) is 5.91 Å². The molecule has 5 heteroatoms. The summed E-state index contributed by atoms with van der Waals surface area (Å²) in [5, 5.41) is 3.76. The highest BCUT2D eigenvalue weighted by Crippen LogP contribution is 2.24. The number of amides is 1. The molecule has 1 saturated heterocycles. The Labute approximate surface area is 125 Å². The van der Waals surface area contributed by atoms with Crippen LogP contribution in [0.2, 0.25) is 5.02 Å². The summed E-state index contributed by atoms with van der Waals surface area (Å²) in [6.45, 7) is 3.31. The summed E-state index contributed by atoms with van der Waals surface area (Å²) in [6.07, 6.45) is 1.61. The number of nitrogens with one attached hydrogen (secondary N) is 1. The fourth-order valence-electron chi connectivity index (χ4n) is 2.45. The number of rotatable bonds is 4. The van der Waals surface area contributed by atoms with Crippen LogP contribution < -0.4 is 10.1 Å². The second-order valence-corrected chi connectivity index (χ2v) is 5.51. The molecule has 110 valence electrons. The van der Waals surface area contributed by atoms with Gasteiger partial charge in [0.05, 0.1) is 5.02 Å². The number of carbonyl (C=O) groups is 1. The van der Waals surface area contributed by atoms with Crippen molar-refractivity contribution < 1.29 is 9.53 Å². The predicted octanol–water partition coefficient (Wildman–Crippen LogP) is 2.32. The number of hydrogen-bond acceptors (Lipinski definition) is 3. The maximum atomic E-state index is 12.4. The van der Waals surface area contributed by atoms with Crippen LogP contribution in [-0.2, 0) is 4.79 Å². The predicted molar refractivity (Wildman–Crippen MR) is 80.2 cm³/mol. The van der Waals surface area contributed by atoms with E-state index in [1.807, 2.05) is 24.1 Å². The molecule has 1 aromatic carbocycles. The lowest BCUT2D eigenvalue weighted by Gasteiger charge is -2.34. The molecule has 1 heterocycles. The SMILES string of the molecule is CN[C@@H]1CCCN(C(=O)[C@H](C)Oc2ccccc2Cl)C1. The van der Waals surface area contributed by atoms with Gasteiger partial charge in [-0.15, -0.1) is 0 Å². The third-order valence-electron chi connectivity index (χ3n) is 3.63. The van der Waals surface area contributed by atoms with Gasteiger partial charge in [0, 0.05) is 19.1 Å². The van der Waals surface area contributed by atoms with Crippen molar-refractivity contribution in [1.29, 1.82) is 0 Å². The third kappa shape index (κ3) is 3.64. The molecule has 1 N–H and O–H groups in total. The second kappa shape index (κ2) is 6.95. The standard InChI is InChI=1S/C15H21ClN2O2/c1-11(20-14-8-4-3-7-13(14)16)15(19)18-9-5-6-12(10-18)17-2/h3-4,7-8,11-12,17H,5-6,9-10H2,1-2H3/t11-,12+/m0/s1. The largest absolute Gasteiger partial charge is 0.479 e. The monoisotopic (exact) mass is 296 g/mol. The lowest BCUT2D eigenvalue weighted by atomic mass is 10.1. The van der Waals surface area contributed by atoms with Gasteiger partial charge in [0.2, 0.25) is 0 Å². The summed E-state index contributed by atoms with van der Waals surface area (Å²) in [5.41, 5.74) is 0. The molecule has 1 fully saturated rings. The first-order valence-electron chi connectivity index (χ1n) is 6.99. The van der Waals surface area contributed by atoms with Gasteiger partial charge in [-0.3, -0.25) is 4.79 Å². The van der Waals surface area contributed by atoms with Gasteiger partial charge in [0.15, 0.2) is 6.10 Å². The van der Waals surface area contributed by atoms with Gasteiger partial charge in [-0.25, -0.2) is 0 Å². The van der Waals surface area contributed by atoms with Crippen LogP contribution in [0.25, 0.3) is 0 Å². The van der Waals surface area contributed by atoms with Crippen LogP contribution in [-0.4, -0.2) is 43.1 Å². The first-order chi connectivity index (χ1) is 9.61. The fraction of sp³-hybridized carbons (Fsp3) is 0.533. The summed E-state index contributed by atoms with van der Waals surface area (Å²) >= 11 is 6.04. The van der Waals surface area contributed by atoms with Gasteiger partial charge in [-0.05, 0) is 38.9 Å². The highest BCUT2D eigenvalue weighted by atomic mass is 35.5. The molecule has 1 aliphatic rings. The number of nitrogens with zero attached hydrogens (tertiary/aromatic N) is 1. The number of likely N-dealkylation sites (tertiary alicyclic amines) is 1. The molecule has 0 radical (unpaired) electrons. The van der Waals surface area contributed by atoms with Crippen LogP contribution in [0.3, 0.4) is 0 Å². The molecule has 0 bridgehead atoms. The summed E-state index contributed by atoms with van der Waals surface area (Å²) < 4.78 is 5.69. The quantitative estimate of drug-likeness (QED) is 0.927. The molecule has 4 nitrogen and oxygen atoms in total. The molecular formula is C15H21ClN2O2. The Morgan fingerprint density at radius 3 is 2.95 bits per heavy atom. The zero-order chi connectivity index (χ0) is 14.5. The molecule has 0 unspecified atom stereocenters. The van der Waals surface area contributed by atoms with Crippen molar-refractivity contribution in [2.75, 3.05) is 20.1 Å². The number of benzene rings is 1. The Hall–Kier alpha value is -1.26. The van der Waals surface area contributed by atoms with Gasteiger partial charge in [-0.1, -0.05) is 23.7 Å². The van der Waals surface area contributed by atoms with Crippen molar-refractivity contribution in [2.24, 2.45) is 0 Å². The van der Waals surface area contributed by atoms with E-state index in [1.54, 1.807) is 19.1 Å². The third-order valence-corrected chi connectivity index (χ3v) is 3.94. The summed E-state index contributed by atoms with van der Waals surface area (Å²) in [5.74, 6) is 0.571. The van der Waals surface area contributed by atoms with Crippen LogP contribution in [0.4, 0.5) is 0 Å². The van der Waals surface area contributed by atoms with Gasteiger partial charge in [-0.2, -0.15) is 0 Å². The average Bonchev–Trinajstić information content (AvgIpc) is 2.48. The van der Waals surface area contributed by atoms with E-state index in [1.165, 1.54) is 0 Å². The Morgan fingerprint density at radius 2 is 2.25 bits per heavy atom. The van der Waals surface area contributed by atoms with Crippen LogP contribution >= 0.6 is 11.6 Å². The minimum absolute atomic E-state index is 0.0184. The van der Waals surface area contributed by atoms with Crippen molar-refractivity contribution in [3.05, 3.63) is 29.3 Å². The van der Waals surface area contributed by atoms with Gasteiger partial charge < -0.3 is 15.0 Å². The van der Waals surface area contributed by atoms with Crippen LogP contribution in [0.5, 0.6) is 5.75 Å². The summed E-state index contributed by atoms with van der Waals surface area (Å²) in [7, 11) is 1.93. The molecule has 0 spiro atoms. The lowest BCUT2D eigenvalue weighted by molar-refractivity contribution is -0.139. The van der Waals surface area contributed by atoms with Crippen molar-refractivity contribution >= 4 is 17.5 Å². The molecule has 0 aliphatic carbocycles. The van der Waals surface area contributed by atoms with Crippen LogP contribution in [0.15, 0.2) is 24.3 Å². The zero-order valence-electron chi connectivity index (χ0n) is 11.9. The second-order valence-electron chi connectivity index (χ2n) is 5.10.